The highest BCUT2D eigenvalue weighted by Crippen LogP contribution is 2.27. The summed E-state index contributed by atoms with van der Waals surface area (Å²) in [7, 11) is 0. The minimum atomic E-state index is 0.324. The molecule has 0 radical (unpaired) electrons. The Bertz CT molecular complexity index is 858. The van der Waals surface area contributed by atoms with Gasteiger partial charge in [0, 0.05) is 18.1 Å². The lowest BCUT2D eigenvalue weighted by molar-refractivity contribution is 1.19. The zero-order valence-corrected chi connectivity index (χ0v) is 12.9. The molecule has 0 aliphatic heterocycles. The minimum absolute atomic E-state index is 0.324. The molecule has 1 aromatic carbocycles. The van der Waals surface area contributed by atoms with Crippen LogP contribution in [0.4, 0.5) is 11.6 Å². The van der Waals surface area contributed by atoms with Gasteiger partial charge < -0.3 is 5.32 Å². The molecular formula is C14H7BrClN5. The van der Waals surface area contributed by atoms with Crippen molar-refractivity contribution < 1.29 is 0 Å². The van der Waals surface area contributed by atoms with E-state index >= 15 is 0 Å². The van der Waals surface area contributed by atoms with Gasteiger partial charge >= 0.3 is 0 Å². The summed E-state index contributed by atoms with van der Waals surface area (Å²) in [4.78, 5) is 12.7. The van der Waals surface area contributed by atoms with Gasteiger partial charge in [-0.25, -0.2) is 9.97 Å². The fourth-order valence-corrected chi connectivity index (χ4v) is 2.43. The molecule has 0 aliphatic carbocycles. The van der Waals surface area contributed by atoms with Crippen molar-refractivity contribution in [2.45, 2.75) is 0 Å². The predicted octanol–water partition coefficient (Wildman–Crippen LogP) is 4.06. The number of aromatic nitrogens is 3. The van der Waals surface area contributed by atoms with Crippen LogP contribution in [0.3, 0.4) is 0 Å². The predicted molar refractivity (Wildman–Crippen MR) is 84.5 cm³/mol. The molecule has 0 unspecified atom stereocenters. The van der Waals surface area contributed by atoms with Crippen LogP contribution in [0.15, 0.2) is 41.1 Å². The Morgan fingerprint density at radius 3 is 2.62 bits per heavy atom. The monoisotopic (exact) mass is 359 g/mol. The number of nitriles is 1. The smallest absolute Gasteiger partial charge is 0.229 e. The van der Waals surface area contributed by atoms with Gasteiger partial charge in [-0.05, 0) is 40.2 Å². The van der Waals surface area contributed by atoms with Crippen molar-refractivity contribution >= 4 is 50.1 Å². The fraction of sp³-hybridized carbons (Fsp3) is 0. The molecule has 0 bridgehead atoms. The van der Waals surface area contributed by atoms with E-state index in [0.717, 1.165) is 10.2 Å². The Kier molecular flexibility index (Phi) is 3.69. The van der Waals surface area contributed by atoms with Crippen molar-refractivity contribution in [1.29, 1.82) is 5.26 Å². The first-order valence-electron chi connectivity index (χ1n) is 5.91. The molecule has 0 saturated heterocycles. The molecule has 0 aliphatic rings. The number of fused-ring (bicyclic) bond motifs is 1. The molecule has 3 aromatic rings. The van der Waals surface area contributed by atoms with Crippen LogP contribution in [0.5, 0.6) is 0 Å². The molecule has 0 amide bonds. The fourth-order valence-electron chi connectivity index (χ4n) is 1.79. The van der Waals surface area contributed by atoms with Gasteiger partial charge in [-0.15, -0.1) is 0 Å². The van der Waals surface area contributed by atoms with Crippen molar-refractivity contribution in [3.05, 3.63) is 51.8 Å². The van der Waals surface area contributed by atoms with Crippen molar-refractivity contribution in [1.82, 2.24) is 15.0 Å². The summed E-state index contributed by atoms with van der Waals surface area (Å²) < 4.78 is 0.743. The first kappa shape index (κ1) is 13.7. The molecule has 0 atom stereocenters. The topological polar surface area (TPSA) is 74.5 Å². The van der Waals surface area contributed by atoms with Gasteiger partial charge in [-0.2, -0.15) is 5.26 Å². The van der Waals surface area contributed by atoms with Crippen LogP contribution in [-0.2, 0) is 0 Å². The number of hydrogen-bond acceptors (Lipinski definition) is 5. The third kappa shape index (κ3) is 2.79. The molecule has 0 spiro atoms. The number of rotatable bonds is 2. The van der Waals surface area contributed by atoms with E-state index in [1.807, 2.05) is 0 Å². The van der Waals surface area contributed by atoms with Gasteiger partial charge in [-0.1, -0.05) is 11.6 Å². The Balaban J connectivity index is 2.00. The van der Waals surface area contributed by atoms with Crippen molar-refractivity contribution in [2.75, 3.05) is 5.32 Å². The average molecular weight is 361 g/mol. The van der Waals surface area contributed by atoms with Gasteiger partial charge in [-0.3, -0.25) is 4.98 Å². The highest BCUT2D eigenvalue weighted by molar-refractivity contribution is 9.10. The van der Waals surface area contributed by atoms with E-state index in [9.17, 15) is 0 Å². The van der Waals surface area contributed by atoms with Crippen molar-refractivity contribution in [3.8, 4) is 6.07 Å². The summed E-state index contributed by atoms with van der Waals surface area (Å²) in [6.45, 7) is 0. The average Bonchev–Trinajstić information content (AvgIpc) is 2.49. The molecular weight excluding hydrogens is 354 g/mol. The highest BCUT2D eigenvalue weighted by Gasteiger charge is 2.09. The number of halogens is 2. The number of hydrogen-bond donors (Lipinski definition) is 1. The molecule has 2 aromatic heterocycles. The Morgan fingerprint density at radius 2 is 1.90 bits per heavy atom. The lowest BCUT2D eigenvalue weighted by Crippen LogP contribution is -1.99. The maximum absolute atomic E-state index is 8.78. The maximum atomic E-state index is 8.78. The van der Waals surface area contributed by atoms with Gasteiger partial charge in [0.25, 0.3) is 0 Å². The van der Waals surface area contributed by atoms with Crippen LogP contribution in [0.1, 0.15) is 5.56 Å². The van der Waals surface area contributed by atoms with Gasteiger partial charge in [0.15, 0.2) is 0 Å². The van der Waals surface area contributed by atoms with E-state index in [-0.39, 0.29) is 0 Å². The number of anilines is 2. The third-order valence-electron chi connectivity index (χ3n) is 2.79. The summed E-state index contributed by atoms with van der Waals surface area (Å²) >= 11 is 9.55. The van der Waals surface area contributed by atoms with Crippen LogP contribution in [0, 0.1) is 11.3 Å². The van der Waals surface area contributed by atoms with Gasteiger partial charge in [0.2, 0.25) is 5.95 Å². The molecule has 21 heavy (non-hydrogen) atoms. The molecule has 7 heteroatoms. The standard InChI is InChI=1S/C14H7BrClN5/c15-11-7-18-6-10-12(11)20-14(21-13(10)16)19-9-3-1-8(5-17)2-4-9/h1-4,6-7H,(H,19,20,21). The molecule has 0 saturated carbocycles. The minimum Gasteiger partial charge on any atom is -0.324 e. The number of nitrogens with zero attached hydrogens (tertiary/aromatic N) is 4. The summed E-state index contributed by atoms with van der Waals surface area (Å²) in [5.41, 5.74) is 2.04. The van der Waals surface area contributed by atoms with Crippen molar-refractivity contribution in [2.24, 2.45) is 0 Å². The van der Waals surface area contributed by atoms with Crippen molar-refractivity contribution in [3.63, 3.8) is 0 Å². The number of pyridine rings is 1. The summed E-state index contributed by atoms with van der Waals surface area (Å²) in [6.07, 6.45) is 3.27. The van der Waals surface area contributed by atoms with Gasteiger partial charge in [0.05, 0.1) is 27.0 Å². The zero-order chi connectivity index (χ0) is 14.8. The zero-order valence-electron chi connectivity index (χ0n) is 10.5. The van der Waals surface area contributed by atoms with Crippen LogP contribution in [0.25, 0.3) is 10.9 Å². The maximum Gasteiger partial charge on any atom is 0.229 e. The van der Waals surface area contributed by atoms with E-state index in [0.29, 0.717) is 27.6 Å². The number of benzene rings is 1. The quantitative estimate of drug-likeness (QED) is 0.698. The Hall–Kier alpha value is -2.23. The third-order valence-corrected chi connectivity index (χ3v) is 3.66. The van der Waals surface area contributed by atoms with E-state index < -0.39 is 0 Å². The lowest BCUT2D eigenvalue weighted by atomic mass is 10.2. The number of nitrogens with one attached hydrogen (secondary N) is 1. The Labute approximate surface area is 133 Å². The molecule has 5 nitrogen and oxygen atoms in total. The summed E-state index contributed by atoms with van der Waals surface area (Å²) in [5.74, 6) is 0.379. The molecule has 0 fully saturated rings. The van der Waals surface area contributed by atoms with Gasteiger partial charge in [0.1, 0.15) is 5.15 Å². The van der Waals surface area contributed by atoms with Crippen LogP contribution in [-0.4, -0.2) is 15.0 Å². The SMILES string of the molecule is N#Cc1ccc(Nc2nc(Cl)c3cncc(Br)c3n2)cc1. The molecule has 3 rings (SSSR count). The van der Waals surface area contributed by atoms with Crippen LogP contribution < -0.4 is 5.32 Å². The second kappa shape index (κ2) is 5.64. The van der Waals surface area contributed by atoms with Crippen LogP contribution >= 0.6 is 27.5 Å². The largest absolute Gasteiger partial charge is 0.324 e. The van der Waals surface area contributed by atoms with Crippen LogP contribution in [0.2, 0.25) is 5.15 Å². The second-order valence-corrected chi connectivity index (χ2v) is 5.38. The molecule has 1 N–H and O–H groups in total. The molecule has 102 valence electrons. The normalized spacial score (nSPS) is 10.3. The highest BCUT2D eigenvalue weighted by atomic mass is 79.9. The van der Waals surface area contributed by atoms with E-state index in [2.05, 4.69) is 42.3 Å². The van der Waals surface area contributed by atoms with E-state index in [4.69, 9.17) is 16.9 Å². The lowest BCUT2D eigenvalue weighted by Gasteiger charge is -2.07. The second-order valence-electron chi connectivity index (χ2n) is 4.17. The summed E-state index contributed by atoms with van der Waals surface area (Å²) in [5, 5.41) is 12.8. The van der Waals surface area contributed by atoms with E-state index in [1.54, 1.807) is 36.7 Å². The first-order valence-corrected chi connectivity index (χ1v) is 7.08. The molecule has 2 heterocycles. The Morgan fingerprint density at radius 1 is 1.14 bits per heavy atom. The first-order chi connectivity index (χ1) is 10.2. The summed E-state index contributed by atoms with van der Waals surface area (Å²) in [6, 6.07) is 9.05. The van der Waals surface area contributed by atoms with E-state index in [1.165, 1.54) is 0 Å².